The highest BCUT2D eigenvalue weighted by Crippen LogP contribution is 2.13. The molecule has 0 saturated heterocycles. The number of aromatic nitrogens is 1. The van der Waals surface area contributed by atoms with Gasteiger partial charge in [-0.05, 0) is 12.5 Å². The van der Waals surface area contributed by atoms with Crippen LogP contribution in [-0.2, 0) is 0 Å². The number of hydrogen-bond donors (Lipinski definition) is 2. The summed E-state index contributed by atoms with van der Waals surface area (Å²) in [7, 11) is 0. The molecule has 4 heteroatoms. The number of ether oxygens (including phenoxy) is 1. The van der Waals surface area contributed by atoms with Gasteiger partial charge in [-0.1, -0.05) is 19.8 Å². The second-order valence-corrected chi connectivity index (χ2v) is 3.08. The van der Waals surface area contributed by atoms with E-state index in [2.05, 4.69) is 17.3 Å². The van der Waals surface area contributed by atoms with Gasteiger partial charge in [-0.3, -0.25) is 0 Å². The molecule has 0 fully saturated rings. The number of nitrogens with one attached hydrogen (secondary N) is 1. The summed E-state index contributed by atoms with van der Waals surface area (Å²) in [4.78, 5) is 3.99. The van der Waals surface area contributed by atoms with Gasteiger partial charge in [0.1, 0.15) is 11.6 Å². The van der Waals surface area contributed by atoms with Crippen molar-refractivity contribution in [2.24, 2.45) is 5.84 Å². The molecular formula is C10H17N3O. The number of nitrogen functional groups attached to an aromatic ring is 1. The van der Waals surface area contributed by atoms with Gasteiger partial charge in [-0.2, -0.15) is 0 Å². The number of pyridine rings is 1. The molecular weight excluding hydrogens is 178 g/mol. The number of anilines is 1. The SMILES string of the molecule is CCCCCOc1ccnc(NN)c1. The van der Waals surface area contributed by atoms with Crippen LogP contribution < -0.4 is 16.0 Å². The molecule has 0 saturated carbocycles. The molecule has 0 aliphatic rings. The average molecular weight is 195 g/mol. The number of nitrogens with two attached hydrogens (primary N) is 1. The average Bonchev–Trinajstić information content (AvgIpc) is 2.25. The van der Waals surface area contributed by atoms with Gasteiger partial charge < -0.3 is 10.2 Å². The fourth-order valence-electron chi connectivity index (χ4n) is 1.12. The number of rotatable bonds is 6. The molecule has 0 aliphatic carbocycles. The van der Waals surface area contributed by atoms with Crippen LogP contribution in [0, 0.1) is 0 Å². The van der Waals surface area contributed by atoms with Crippen LogP contribution in [0.3, 0.4) is 0 Å². The van der Waals surface area contributed by atoms with Crippen LogP contribution in [0.5, 0.6) is 5.75 Å². The van der Waals surface area contributed by atoms with Gasteiger partial charge in [0.15, 0.2) is 0 Å². The predicted molar refractivity (Wildman–Crippen MR) is 57.1 cm³/mol. The van der Waals surface area contributed by atoms with Crippen molar-refractivity contribution < 1.29 is 4.74 Å². The summed E-state index contributed by atoms with van der Waals surface area (Å²) in [5.74, 6) is 6.66. The molecule has 78 valence electrons. The Morgan fingerprint density at radius 1 is 1.50 bits per heavy atom. The van der Waals surface area contributed by atoms with Gasteiger partial charge in [0.05, 0.1) is 6.61 Å². The van der Waals surface area contributed by atoms with Crippen molar-refractivity contribution in [1.82, 2.24) is 4.98 Å². The summed E-state index contributed by atoms with van der Waals surface area (Å²) in [6.07, 6.45) is 5.16. The van der Waals surface area contributed by atoms with Crippen molar-refractivity contribution in [2.75, 3.05) is 12.0 Å². The third-order valence-electron chi connectivity index (χ3n) is 1.90. The van der Waals surface area contributed by atoms with Crippen LogP contribution in [0.25, 0.3) is 0 Å². The number of hydrazine groups is 1. The Balaban J connectivity index is 2.34. The highest BCUT2D eigenvalue weighted by atomic mass is 16.5. The van der Waals surface area contributed by atoms with E-state index in [9.17, 15) is 0 Å². The fourth-order valence-corrected chi connectivity index (χ4v) is 1.12. The smallest absolute Gasteiger partial charge is 0.143 e. The molecule has 0 aromatic carbocycles. The Kier molecular flexibility index (Phi) is 4.78. The molecule has 3 N–H and O–H groups in total. The molecule has 0 atom stereocenters. The van der Waals surface area contributed by atoms with Gasteiger partial charge >= 0.3 is 0 Å². The molecule has 1 rings (SSSR count). The van der Waals surface area contributed by atoms with Crippen LogP contribution in [0.15, 0.2) is 18.3 Å². The Labute approximate surface area is 84.4 Å². The highest BCUT2D eigenvalue weighted by Gasteiger charge is 1.95. The molecule has 1 aromatic rings. The minimum absolute atomic E-state index is 0.623. The lowest BCUT2D eigenvalue weighted by Crippen LogP contribution is -2.08. The third-order valence-corrected chi connectivity index (χ3v) is 1.90. The lowest BCUT2D eigenvalue weighted by molar-refractivity contribution is 0.306. The van der Waals surface area contributed by atoms with Gasteiger partial charge in [-0.15, -0.1) is 0 Å². The molecule has 0 amide bonds. The Hall–Kier alpha value is -1.29. The van der Waals surface area contributed by atoms with Crippen LogP contribution in [0.1, 0.15) is 26.2 Å². The normalized spacial score (nSPS) is 9.86. The quantitative estimate of drug-likeness (QED) is 0.413. The molecule has 1 aromatic heterocycles. The van der Waals surface area contributed by atoms with Crippen molar-refractivity contribution in [3.05, 3.63) is 18.3 Å². The maximum Gasteiger partial charge on any atom is 0.143 e. The second-order valence-electron chi connectivity index (χ2n) is 3.08. The zero-order chi connectivity index (χ0) is 10.2. The minimum atomic E-state index is 0.623. The second kappa shape index (κ2) is 6.21. The molecule has 0 radical (unpaired) electrons. The lowest BCUT2D eigenvalue weighted by Gasteiger charge is -2.06. The zero-order valence-electron chi connectivity index (χ0n) is 8.49. The van der Waals surface area contributed by atoms with Crippen molar-refractivity contribution in [3.8, 4) is 5.75 Å². The topological polar surface area (TPSA) is 60.2 Å². The number of hydrogen-bond acceptors (Lipinski definition) is 4. The Morgan fingerprint density at radius 2 is 2.36 bits per heavy atom. The number of unbranched alkanes of at least 4 members (excludes halogenated alkanes) is 2. The van der Waals surface area contributed by atoms with E-state index >= 15 is 0 Å². The van der Waals surface area contributed by atoms with E-state index in [1.54, 1.807) is 12.3 Å². The predicted octanol–water partition coefficient (Wildman–Crippen LogP) is 1.94. The molecule has 0 spiro atoms. The molecule has 14 heavy (non-hydrogen) atoms. The summed E-state index contributed by atoms with van der Waals surface area (Å²) >= 11 is 0. The largest absolute Gasteiger partial charge is 0.493 e. The summed E-state index contributed by atoms with van der Waals surface area (Å²) < 4.78 is 5.52. The maximum atomic E-state index is 5.52. The Bertz CT molecular complexity index is 265. The maximum absolute atomic E-state index is 5.52. The van der Waals surface area contributed by atoms with Crippen molar-refractivity contribution >= 4 is 5.82 Å². The summed E-state index contributed by atoms with van der Waals surface area (Å²) in [5, 5.41) is 0. The van der Waals surface area contributed by atoms with Crippen LogP contribution in [0.2, 0.25) is 0 Å². The molecule has 0 unspecified atom stereocenters. The van der Waals surface area contributed by atoms with Crippen molar-refractivity contribution in [2.45, 2.75) is 26.2 Å². The lowest BCUT2D eigenvalue weighted by atomic mass is 10.3. The van der Waals surface area contributed by atoms with Crippen LogP contribution in [0.4, 0.5) is 5.82 Å². The van der Waals surface area contributed by atoms with E-state index in [1.165, 1.54) is 12.8 Å². The summed E-state index contributed by atoms with van der Waals surface area (Å²) in [6, 6.07) is 3.61. The molecule has 4 nitrogen and oxygen atoms in total. The van der Waals surface area contributed by atoms with E-state index in [4.69, 9.17) is 10.6 Å². The first kappa shape index (κ1) is 10.8. The van der Waals surface area contributed by atoms with E-state index in [0.717, 1.165) is 18.8 Å². The number of nitrogens with zero attached hydrogens (tertiary/aromatic N) is 1. The van der Waals surface area contributed by atoms with Gasteiger partial charge in [-0.25, -0.2) is 10.8 Å². The third kappa shape index (κ3) is 3.62. The first-order valence-electron chi connectivity index (χ1n) is 4.92. The Morgan fingerprint density at radius 3 is 3.07 bits per heavy atom. The van der Waals surface area contributed by atoms with Crippen molar-refractivity contribution in [3.63, 3.8) is 0 Å². The highest BCUT2D eigenvalue weighted by molar-refractivity contribution is 5.39. The first-order chi connectivity index (χ1) is 6.86. The van der Waals surface area contributed by atoms with E-state index < -0.39 is 0 Å². The molecule has 0 aliphatic heterocycles. The van der Waals surface area contributed by atoms with E-state index in [1.807, 2.05) is 6.07 Å². The zero-order valence-corrected chi connectivity index (χ0v) is 8.49. The first-order valence-corrected chi connectivity index (χ1v) is 4.92. The van der Waals surface area contributed by atoms with Crippen molar-refractivity contribution in [1.29, 1.82) is 0 Å². The van der Waals surface area contributed by atoms with Crippen LogP contribution in [-0.4, -0.2) is 11.6 Å². The minimum Gasteiger partial charge on any atom is -0.493 e. The van der Waals surface area contributed by atoms with Gasteiger partial charge in [0, 0.05) is 12.3 Å². The fraction of sp³-hybridized carbons (Fsp3) is 0.500. The monoisotopic (exact) mass is 195 g/mol. The van der Waals surface area contributed by atoms with E-state index in [0.29, 0.717) is 5.82 Å². The van der Waals surface area contributed by atoms with Gasteiger partial charge in [0.2, 0.25) is 0 Å². The summed E-state index contributed by atoms with van der Waals surface area (Å²) in [5.41, 5.74) is 2.48. The molecule has 1 heterocycles. The van der Waals surface area contributed by atoms with E-state index in [-0.39, 0.29) is 0 Å². The summed E-state index contributed by atoms with van der Waals surface area (Å²) in [6.45, 7) is 2.92. The molecule has 0 bridgehead atoms. The van der Waals surface area contributed by atoms with Crippen LogP contribution >= 0.6 is 0 Å². The standard InChI is InChI=1S/C10H17N3O/c1-2-3-4-7-14-9-5-6-12-10(8-9)13-11/h5-6,8H,2-4,7,11H2,1H3,(H,12,13). The van der Waals surface area contributed by atoms with Gasteiger partial charge in [0.25, 0.3) is 0 Å².